The van der Waals surface area contributed by atoms with Gasteiger partial charge in [-0.3, -0.25) is 4.79 Å². The number of methoxy groups -OCH3 is 1. The fourth-order valence-electron chi connectivity index (χ4n) is 1.26. The van der Waals surface area contributed by atoms with Crippen molar-refractivity contribution < 1.29 is 9.53 Å². The van der Waals surface area contributed by atoms with Gasteiger partial charge in [-0.1, -0.05) is 0 Å². The number of rotatable bonds is 6. The summed E-state index contributed by atoms with van der Waals surface area (Å²) in [5.41, 5.74) is 0. The monoisotopic (exact) mass is 211 g/mol. The Labute approximate surface area is 89.4 Å². The summed E-state index contributed by atoms with van der Waals surface area (Å²) in [6.07, 6.45) is 6.41. The van der Waals surface area contributed by atoms with Crippen LogP contribution in [0.2, 0.25) is 0 Å². The molecule has 0 fully saturated rings. The summed E-state index contributed by atoms with van der Waals surface area (Å²) in [5.74, 6) is -0.224. The Kier molecular flexibility index (Phi) is 4.83. The second-order valence-electron chi connectivity index (χ2n) is 3.35. The van der Waals surface area contributed by atoms with Crippen LogP contribution in [-0.2, 0) is 16.1 Å². The van der Waals surface area contributed by atoms with Crippen molar-refractivity contribution >= 4 is 5.97 Å². The Morgan fingerprint density at radius 2 is 2.47 bits per heavy atom. The third-order valence-electron chi connectivity index (χ3n) is 2.16. The van der Waals surface area contributed by atoms with E-state index in [4.69, 9.17) is 0 Å². The van der Waals surface area contributed by atoms with E-state index in [1.54, 1.807) is 19.4 Å². The maximum Gasteiger partial charge on any atom is 0.322 e. The summed E-state index contributed by atoms with van der Waals surface area (Å²) < 4.78 is 6.60. The molecule has 1 N–H and O–H groups in total. The van der Waals surface area contributed by atoms with Gasteiger partial charge in [0.1, 0.15) is 6.04 Å². The van der Waals surface area contributed by atoms with Crippen molar-refractivity contribution in [3.8, 4) is 0 Å². The highest BCUT2D eigenvalue weighted by atomic mass is 16.5. The minimum Gasteiger partial charge on any atom is -0.468 e. The number of aryl methyl sites for hydroxylation is 1. The van der Waals surface area contributed by atoms with Gasteiger partial charge >= 0.3 is 5.97 Å². The summed E-state index contributed by atoms with van der Waals surface area (Å²) in [5, 5.41) is 3.09. The van der Waals surface area contributed by atoms with E-state index >= 15 is 0 Å². The second kappa shape index (κ2) is 6.19. The fourth-order valence-corrected chi connectivity index (χ4v) is 1.26. The Hall–Kier alpha value is -1.36. The van der Waals surface area contributed by atoms with Gasteiger partial charge in [0, 0.05) is 18.9 Å². The molecule has 1 aromatic rings. The average molecular weight is 211 g/mol. The first-order valence-electron chi connectivity index (χ1n) is 5.01. The molecule has 0 radical (unpaired) electrons. The van der Waals surface area contributed by atoms with E-state index in [0.717, 1.165) is 19.5 Å². The molecular weight excluding hydrogens is 194 g/mol. The lowest BCUT2D eigenvalue weighted by Crippen LogP contribution is -2.35. The van der Waals surface area contributed by atoms with Crippen LogP contribution >= 0.6 is 0 Å². The predicted molar refractivity (Wildman–Crippen MR) is 56.3 cm³/mol. The molecule has 1 aromatic heterocycles. The molecule has 0 amide bonds. The van der Waals surface area contributed by atoms with Gasteiger partial charge < -0.3 is 14.6 Å². The third kappa shape index (κ3) is 4.12. The van der Waals surface area contributed by atoms with Crippen molar-refractivity contribution in [1.82, 2.24) is 14.9 Å². The Balaban J connectivity index is 2.09. The predicted octanol–water partition coefficient (Wildman–Crippen LogP) is 0.424. The number of nitrogens with one attached hydrogen (secondary N) is 1. The number of nitrogens with zero attached hydrogens (tertiary/aromatic N) is 2. The van der Waals surface area contributed by atoms with Gasteiger partial charge in [-0.15, -0.1) is 0 Å². The molecule has 0 saturated heterocycles. The molecule has 0 spiro atoms. The quantitative estimate of drug-likeness (QED) is 0.547. The molecular formula is C10H17N3O2. The van der Waals surface area contributed by atoms with Crippen molar-refractivity contribution in [1.29, 1.82) is 0 Å². The van der Waals surface area contributed by atoms with Gasteiger partial charge in [0.2, 0.25) is 0 Å². The van der Waals surface area contributed by atoms with Crippen LogP contribution in [0.5, 0.6) is 0 Å². The first-order chi connectivity index (χ1) is 7.24. The van der Waals surface area contributed by atoms with Crippen molar-refractivity contribution in [3.05, 3.63) is 18.7 Å². The van der Waals surface area contributed by atoms with Crippen molar-refractivity contribution in [3.63, 3.8) is 0 Å². The summed E-state index contributed by atoms with van der Waals surface area (Å²) in [6.45, 7) is 3.48. The number of carbonyl (C=O) groups is 1. The first kappa shape index (κ1) is 11.7. The molecule has 5 nitrogen and oxygen atoms in total. The lowest BCUT2D eigenvalue weighted by atomic mass is 10.3. The van der Waals surface area contributed by atoms with E-state index in [9.17, 15) is 4.79 Å². The Morgan fingerprint density at radius 1 is 1.67 bits per heavy atom. The van der Waals surface area contributed by atoms with Crippen LogP contribution in [0.4, 0.5) is 0 Å². The molecule has 0 saturated carbocycles. The highest BCUT2D eigenvalue weighted by Crippen LogP contribution is 1.91. The maximum absolute atomic E-state index is 11.0. The zero-order valence-electron chi connectivity index (χ0n) is 9.14. The highest BCUT2D eigenvalue weighted by Gasteiger charge is 2.10. The van der Waals surface area contributed by atoms with Gasteiger partial charge in [-0.25, -0.2) is 4.98 Å². The smallest absolute Gasteiger partial charge is 0.322 e. The van der Waals surface area contributed by atoms with Crippen LogP contribution in [-0.4, -0.2) is 35.2 Å². The number of ether oxygens (including phenoxy) is 1. The lowest BCUT2D eigenvalue weighted by Gasteiger charge is -2.11. The van der Waals surface area contributed by atoms with Crippen molar-refractivity contribution in [2.75, 3.05) is 13.7 Å². The normalized spacial score (nSPS) is 12.4. The van der Waals surface area contributed by atoms with E-state index in [1.165, 1.54) is 7.11 Å². The van der Waals surface area contributed by atoms with E-state index in [-0.39, 0.29) is 12.0 Å². The molecule has 1 unspecified atom stereocenters. The van der Waals surface area contributed by atoms with Gasteiger partial charge in [0.05, 0.1) is 13.4 Å². The van der Waals surface area contributed by atoms with Crippen LogP contribution in [0.1, 0.15) is 13.3 Å². The molecule has 15 heavy (non-hydrogen) atoms. The minimum atomic E-state index is -0.238. The molecule has 1 rings (SSSR count). The number of imidazole rings is 1. The topological polar surface area (TPSA) is 56.1 Å². The number of aromatic nitrogens is 2. The van der Waals surface area contributed by atoms with E-state index in [0.29, 0.717) is 0 Å². The summed E-state index contributed by atoms with van der Waals surface area (Å²) >= 11 is 0. The standard InChI is InChI=1S/C10H17N3O2/c1-9(10(14)15-2)12-4-3-6-13-7-5-11-8-13/h5,7-9,12H,3-4,6H2,1-2H3. The molecule has 1 heterocycles. The number of hydrogen-bond acceptors (Lipinski definition) is 4. The fraction of sp³-hybridized carbons (Fsp3) is 0.600. The van der Waals surface area contributed by atoms with E-state index in [2.05, 4.69) is 15.0 Å². The Morgan fingerprint density at radius 3 is 3.07 bits per heavy atom. The van der Waals surface area contributed by atoms with Crippen LogP contribution in [0, 0.1) is 0 Å². The van der Waals surface area contributed by atoms with E-state index < -0.39 is 0 Å². The number of esters is 1. The lowest BCUT2D eigenvalue weighted by molar-refractivity contribution is -0.142. The van der Waals surface area contributed by atoms with Crippen LogP contribution in [0.3, 0.4) is 0 Å². The molecule has 0 bridgehead atoms. The van der Waals surface area contributed by atoms with Crippen LogP contribution in [0.25, 0.3) is 0 Å². The average Bonchev–Trinajstić information content (AvgIpc) is 2.75. The summed E-state index contributed by atoms with van der Waals surface area (Å²) in [6, 6.07) is -0.238. The van der Waals surface area contributed by atoms with Gasteiger partial charge in [0.15, 0.2) is 0 Å². The number of hydrogen-bond donors (Lipinski definition) is 1. The molecule has 84 valence electrons. The zero-order valence-corrected chi connectivity index (χ0v) is 9.14. The van der Waals surface area contributed by atoms with Crippen molar-refractivity contribution in [2.45, 2.75) is 25.9 Å². The molecule has 1 atom stereocenters. The molecule has 0 aliphatic heterocycles. The van der Waals surface area contributed by atoms with Gasteiger partial charge in [0.25, 0.3) is 0 Å². The van der Waals surface area contributed by atoms with E-state index in [1.807, 2.05) is 10.8 Å². The van der Waals surface area contributed by atoms with Crippen LogP contribution in [0.15, 0.2) is 18.7 Å². The Bertz CT molecular complexity index is 285. The van der Waals surface area contributed by atoms with Crippen LogP contribution < -0.4 is 5.32 Å². The number of carbonyl (C=O) groups excluding carboxylic acids is 1. The first-order valence-corrected chi connectivity index (χ1v) is 5.01. The zero-order chi connectivity index (χ0) is 11.1. The molecule has 5 heteroatoms. The highest BCUT2D eigenvalue weighted by molar-refractivity contribution is 5.74. The second-order valence-corrected chi connectivity index (χ2v) is 3.35. The minimum absolute atomic E-state index is 0.224. The summed E-state index contributed by atoms with van der Waals surface area (Å²) in [4.78, 5) is 15.0. The largest absolute Gasteiger partial charge is 0.468 e. The third-order valence-corrected chi connectivity index (χ3v) is 2.16. The summed E-state index contributed by atoms with van der Waals surface area (Å²) in [7, 11) is 1.39. The SMILES string of the molecule is COC(=O)C(C)NCCCn1ccnc1. The van der Waals surface area contributed by atoms with Gasteiger partial charge in [-0.05, 0) is 19.9 Å². The van der Waals surface area contributed by atoms with Crippen molar-refractivity contribution in [2.24, 2.45) is 0 Å². The molecule has 0 aliphatic rings. The van der Waals surface area contributed by atoms with Gasteiger partial charge in [-0.2, -0.15) is 0 Å². The maximum atomic E-state index is 11.0. The molecule has 0 aliphatic carbocycles. The molecule has 0 aromatic carbocycles.